The van der Waals surface area contributed by atoms with E-state index < -0.39 is 17.9 Å². The molecule has 0 bridgehead atoms. The Morgan fingerprint density at radius 3 is 2.28 bits per heavy atom. The van der Waals surface area contributed by atoms with Gasteiger partial charge in [0.25, 0.3) is 0 Å². The van der Waals surface area contributed by atoms with Crippen molar-refractivity contribution in [2.45, 2.75) is 98.0 Å². The lowest BCUT2D eigenvalue weighted by molar-refractivity contribution is -0.140. The van der Waals surface area contributed by atoms with Crippen LogP contribution >= 0.6 is 0 Å². The fourth-order valence-corrected chi connectivity index (χ4v) is 4.58. The summed E-state index contributed by atoms with van der Waals surface area (Å²) in [6.07, 6.45) is 5.04. The van der Waals surface area contributed by atoms with Crippen molar-refractivity contribution in [3.8, 4) is 5.75 Å². The van der Waals surface area contributed by atoms with Gasteiger partial charge in [0, 0.05) is 6.42 Å². The maximum absolute atomic E-state index is 11.9. The SMILES string of the molecule is Cc1c(C)c(C(CCC(=O)O)C(=O)O)c(C)c2c1O[C@](C)(CCCC(C)C)CC2. The van der Waals surface area contributed by atoms with E-state index in [0.717, 1.165) is 59.3 Å². The van der Waals surface area contributed by atoms with Gasteiger partial charge >= 0.3 is 11.9 Å². The lowest BCUT2D eigenvalue weighted by Crippen LogP contribution is -2.37. The van der Waals surface area contributed by atoms with Crippen molar-refractivity contribution >= 4 is 11.9 Å². The molecule has 0 aromatic heterocycles. The predicted molar refractivity (Wildman–Crippen MR) is 114 cm³/mol. The number of fused-ring (bicyclic) bond motifs is 1. The molecular formula is C24H36O5. The summed E-state index contributed by atoms with van der Waals surface area (Å²) < 4.78 is 6.55. The van der Waals surface area contributed by atoms with Gasteiger partial charge in [0.2, 0.25) is 0 Å². The van der Waals surface area contributed by atoms with Crippen molar-refractivity contribution in [1.29, 1.82) is 0 Å². The van der Waals surface area contributed by atoms with Gasteiger partial charge in [0.1, 0.15) is 11.4 Å². The lowest BCUT2D eigenvalue weighted by Gasteiger charge is -2.39. The third kappa shape index (κ3) is 5.31. The highest BCUT2D eigenvalue weighted by molar-refractivity contribution is 5.79. The third-order valence-electron chi connectivity index (χ3n) is 6.47. The Morgan fingerprint density at radius 2 is 1.72 bits per heavy atom. The molecule has 5 nitrogen and oxygen atoms in total. The number of carbonyl (C=O) groups is 2. The highest BCUT2D eigenvalue weighted by atomic mass is 16.5. The van der Waals surface area contributed by atoms with Gasteiger partial charge in [-0.3, -0.25) is 9.59 Å². The number of hydrogen-bond donors (Lipinski definition) is 2. The van der Waals surface area contributed by atoms with Gasteiger partial charge in [-0.2, -0.15) is 0 Å². The molecule has 1 aromatic carbocycles. The second-order valence-electron chi connectivity index (χ2n) is 9.26. The Balaban J connectivity index is 2.39. The van der Waals surface area contributed by atoms with Crippen LogP contribution in [0.15, 0.2) is 0 Å². The van der Waals surface area contributed by atoms with E-state index in [1.165, 1.54) is 6.42 Å². The standard InChI is InChI=1S/C24H36O5/c1-14(2)8-7-12-24(6)13-11-18-17(5)21(15(3)16(4)22(18)29-24)19(23(27)28)9-10-20(25)26/h14,19H,7-13H2,1-6H3,(H,25,26)(H,27,28)/t19?,24-/m1/s1. The highest BCUT2D eigenvalue weighted by Gasteiger charge is 2.36. The molecule has 1 unspecified atom stereocenters. The highest BCUT2D eigenvalue weighted by Crippen LogP contribution is 2.44. The van der Waals surface area contributed by atoms with E-state index in [1.54, 1.807) is 0 Å². The van der Waals surface area contributed by atoms with E-state index in [2.05, 4.69) is 20.8 Å². The fourth-order valence-electron chi connectivity index (χ4n) is 4.58. The molecule has 0 spiro atoms. The zero-order valence-corrected chi connectivity index (χ0v) is 18.7. The molecule has 2 N–H and O–H groups in total. The Kier molecular flexibility index (Phi) is 7.36. The molecule has 5 heteroatoms. The van der Waals surface area contributed by atoms with Crippen molar-refractivity contribution in [3.05, 3.63) is 27.8 Å². The minimum atomic E-state index is -0.971. The molecule has 0 saturated carbocycles. The Morgan fingerprint density at radius 1 is 1.07 bits per heavy atom. The van der Waals surface area contributed by atoms with Crippen LogP contribution in [0, 0.1) is 26.7 Å². The van der Waals surface area contributed by atoms with Gasteiger partial charge in [-0.1, -0.05) is 20.3 Å². The van der Waals surface area contributed by atoms with Crippen LogP contribution in [0.3, 0.4) is 0 Å². The summed E-state index contributed by atoms with van der Waals surface area (Å²) in [5.74, 6) is -1.16. The second kappa shape index (κ2) is 9.19. The quantitative estimate of drug-likeness (QED) is 0.563. The first-order valence-electron chi connectivity index (χ1n) is 10.7. The number of hydrogen-bond acceptors (Lipinski definition) is 3. The zero-order valence-electron chi connectivity index (χ0n) is 18.7. The van der Waals surface area contributed by atoms with E-state index in [9.17, 15) is 14.7 Å². The maximum atomic E-state index is 11.9. The zero-order chi connectivity index (χ0) is 21.9. The third-order valence-corrected chi connectivity index (χ3v) is 6.47. The molecule has 1 aromatic rings. The minimum absolute atomic E-state index is 0.0956. The first kappa shape index (κ1) is 23.2. The van der Waals surface area contributed by atoms with Crippen molar-refractivity contribution in [2.75, 3.05) is 0 Å². The van der Waals surface area contributed by atoms with Crippen LogP contribution in [0.4, 0.5) is 0 Å². The lowest BCUT2D eigenvalue weighted by atomic mass is 9.79. The molecule has 162 valence electrons. The monoisotopic (exact) mass is 404 g/mol. The minimum Gasteiger partial charge on any atom is -0.487 e. The molecule has 29 heavy (non-hydrogen) atoms. The predicted octanol–water partition coefficient (Wildman–Crippen LogP) is 5.55. The van der Waals surface area contributed by atoms with E-state index in [1.807, 2.05) is 20.8 Å². The van der Waals surface area contributed by atoms with Crippen molar-refractivity contribution in [1.82, 2.24) is 0 Å². The van der Waals surface area contributed by atoms with E-state index >= 15 is 0 Å². The first-order valence-corrected chi connectivity index (χ1v) is 10.7. The van der Waals surface area contributed by atoms with Gasteiger partial charge in [0.15, 0.2) is 0 Å². The molecule has 2 atom stereocenters. The summed E-state index contributed by atoms with van der Waals surface area (Å²) >= 11 is 0. The number of aliphatic carboxylic acids is 2. The van der Waals surface area contributed by atoms with Gasteiger partial charge in [-0.25, -0.2) is 0 Å². The van der Waals surface area contributed by atoms with Crippen molar-refractivity contribution in [2.24, 2.45) is 5.92 Å². The molecule has 0 amide bonds. The summed E-state index contributed by atoms with van der Waals surface area (Å²) in [4.78, 5) is 23.0. The molecular weight excluding hydrogens is 368 g/mol. The maximum Gasteiger partial charge on any atom is 0.311 e. The average Bonchev–Trinajstić information content (AvgIpc) is 2.61. The molecule has 0 radical (unpaired) electrons. The van der Waals surface area contributed by atoms with E-state index in [-0.39, 0.29) is 18.4 Å². The summed E-state index contributed by atoms with van der Waals surface area (Å²) in [7, 11) is 0. The van der Waals surface area contributed by atoms with Crippen LogP contribution < -0.4 is 4.74 Å². The second-order valence-corrected chi connectivity index (χ2v) is 9.26. The molecule has 1 aliphatic heterocycles. The number of carboxylic acids is 2. The molecule has 1 aliphatic rings. The number of ether oxygens (including phenoxy) is 1. The molecule has 1 heterocycles. The normalized spacial score (nSPS) is 19.6. The van der Waals surface area contributed by atoms with Crippen LogP contribution in [0.1, 0.15) is 93.0 Å². The van der Waals surface area contributed by atoms with Crippen LogP contribution in [0.2, 0.25) is 0 Å². The number of carboxylic acid groups (broad SMARTS) is 2. The summed E-state index contributed by atoms with van der Waals surface area (Å²) in [6, 6.07) is 0. The average molecular weight is 405 g/mol. The summed E-state index contributed by atoms with van der Waals surface area (Å²) in [6.45, 7) is 12.5. The summed E-state index contributed by atoms with van der Waals surface area (Å²) in [5, 5.41) is 18.8. The molecule has 0 saturated heterocycles. The van der Waals surface area contributed by atoms with Crippen LogP contribution in [-0.4, -0.2) is 27.8 Å². The smallest absolute Gasteiger partial charge is 0.311 e. The number of benzene rings is 1. The Hall–Kier alpha value is -2.04. The van der Waals surface area contributed by atoms with Crippen LogP contribution in [0.25, 0.3) is 0 Å². The number of rotatable bonds is 9. The van der Waals surface area contributed by atoms with Gasteiger partial charge in [-0.05, 0) is 93.5 Å². The fraction of sp³-hybridized carbons (Fsp3) is 0.667. The first-order chi connectivity index (χ1) is 13.5. The Labute approximate surface area is 174 Å². The molecule has 0 aliphatic carbocycles. The topological polar surface area (TPSA) is 83.8 Å². The summed E-state index contributed by atoms with van der Waals surface area (Å²) in [5.41, 5.74) is 4.50. The van der Waals surface area contributed by atoms with Crippen LogP contribution in [0.5, 0.6) is 5.75 Å². The van der Waals surface area contributed by atoms with Gasteiger partial charge < -0.3 is 14.9 Å². The largest absolute Gasteiger partial charge is 0.487 e. The van der Waals surface area contributed by atoms with Gasteiger partial charge in [0.05, 0.1) is 5.92 Å². The van der Waals surface area contributed by atoms with Crippen molar-refractivity contribution in [3.63, 3.8) is 0 Å². The molecule has 0 fully saturated rings. The van der Waals surface area contributed by atoms with Crippen molar-refractivity contribution < 1.29 is 24.5 Å². The van der Waals surface area contributed by atoms with E-state index in [4.69, 9.17) is 9.84 Å². The van der Waals surface area contributed by atoms with Gasteiger partial charge in [-0.15, -0.1) is 0 Å². The molecule has 2 rings (SSSR count). The van der Waals surface area contributed by atoms with E-state index in [0.29, 0.717) is 5.92 Å². The Bertz CT molecular complexity index is 780. The van der Waals surface area contributed by atoms with Crippen LogP contribution in [-0.2, 0) is 16.0 Å².